The number of ether oxygens (including phenoxy) is 2. The summed E-state index contributed by atoms with van der Waals surface area (Å²) >= 11 is 0. The molecule has 3 N–H and O–H groups in total. The lowest BCUT2D eigenvalue weighted by molar-refractivity contribution is 0.262. The third-order valence-electron chi connectivity index (χ3n) is 4.22. The number of guanidine groups is 1. The van der Waals surface area contributed by atoms with E-state index >= 15 is 0 Å². The van der Waals surface area contributed by atoms with Crippen LogP contribution in [-0.2, 0) is 6.42 Å². The van der Waals surface area contributed by atoms with Crippen molar-refractivity contribution in [2.45, 2.75) is 25.8 Å². The summed E-state index contributed by atoms with van der Waals surface area (Å²) in [4.78, 5) is 4.47. The Bertz CT molecular complexity index is 730. The van der Waals surface area contributed by atoms with Gasteiger partial charge in [0.25, 0.3) is 0 Å². The largest absolute Gasteiger partial charge is 0.494 e. The maximum atomic E-state index is 6.09. The number of benzene rings is 2. The Morgan fingerprint density at radius 1 is 1.24 bits per heavy atom. The Kier molecular flexibility index (Phi) is 5.77. The lowest BCUT2D eigenvalue weighted by Gasteiger charge is -2.26. The molecule has 0 spiro atoms. The average molecular weight is 339 g/mol. The molecule has 0 saturated carbocycles. The summed E-state index contributed by atoms with van der Waals surface area (Å²) in [5.41, 5.74) is 8.37. The number of aliphatic imine (C=N–C) groups is 1. The summed E-state index contributed by atoms with van der Waals surface area (Å²) in [5, 5.41) is 3.32. The Morgan fingerprint density at radius 3 is 2.92 bits per heavy atom. The summed E-state index contributed by atoms with van der Waals surface area (Å²) in [5.74, 6) is 2.31. The SMILES string of the molecule is CCOc1ccccc1CCN=C(N)NC1CCOc2ccccc21. The molecule has 1 aliphatic heterocycles. The van der Waals surface area contributed by atoms with Crippen molar-refractivity contribution in [2.75, 3.05) is 19.8 Å². The van der Waals surface area contributed by atoms with Crippen LogP contribution in [-0.4, -0.2) is 25.7 Å². The highest BCUT2D eigenvalue weighted by atomic mass is 16.5. The molecule has 1 atom stereocenters. The van der Waals surface area contributed by atoms with Gasteiger partial charge in [-0.2, -0.15) is 0 Å². The van der Waals surface area contributed by atoms with Crippen molar-refractivity contribution < 1.29 is 9.47 Å². The van der Waals surface area contributed by atoms with Crippen molar-refractivity contribution in [1.82, 2.24) is 5.32 Å². The predicted octanol–water partition coefficient (Wildman–Crippen LogP) is 3.06. The van der Waals surface area contributed by atoms with Crippen LogP contribution in [0.5, 0.6) is 11.5 Å². The molecule has 2 aromatic carbocycles. The van der Waals surface area contributed by atoms with Crippen molar-refractivity contribution in [2.24, 2.45) is 10.7 Å². The van der Waals surface area contributed by atoms with E-state index in [2.05, 4.69) is 22.4 Å². The molecule has 3 rings (SSSR count). The van der Waals surface area contributed by atoms with Gasteiger partial charge in [-0.1, -0.05) is 36.4 Å². The zero-order valence-corrected chi connectivity index (χ0v) is 14.6. The Labute approximate surface area is 148 Å². The molecule has 1 unspecified atom stereocenters. The maximum absolute atomic E-state index is 6.09. The second-order valence-corrected chi connectivity index (χ2v) is 5.93. The molecule has 0 fully saturated rings. The minimum Gasteiger partial charge on any atom is -0.494 e. The van der Waals surface area contributed by atoms with E-state index < -0.39 is 0 Å². The average Bonchev–Trinajstić information content (AvgIpc) is 2.64. The number of nitrogens with one attached hydrogen (secondary N) is 1. The van der Waals surface area contributed by atoms with Gasteiger partial charge < -0.3 is 20.5 Å². The van der Waals surface area contributed by atoms with Crippen LogP contribution in [0.3, 0.4) is 0 Å². The fourth-order valence-electron chi connectivity index (χ4n) is 3.02. The highest BCUT2D eigenvalue weighted by Crippen LogP contribution is 2.31. The standard InChI is InChI=1S/C20H25N3O2/c1-2-24-18-9-5-3-7-15(18)11-13-22-20(21)23-17-12-14-25-19-10-6-4-8-16(17)19/h3-10,17H,2,11-14H2,1H3,(H3,21,22,23). The highest BCUT2D eigenvalue weighted by Gasteiger charge is 2.21. The first-order valence-corrected chi connectivity index (χ1v) is 8.77. The molecule has 5 nitrogen and oxygen atoms in total. The number of nitrogens with two attached hydrogens (primary N) is 1. The summed E-state index contributed by atoms with van der Waals surface area (Å²) < 4.78 is 11.3. The van der Waals surface area contributed by atoms with E-state index in [1.54, 1.807) is 0 Å². The number of hydrogen-bond donors (Lipinski definition) is 2. The molecule has 5 heteroatoms. The summed E-state index contributed by atoms with van der Waals surface area (Å²) in [6.45, 7) is 3.95. The highest BCUT2D eigenvalue weighted by molar-refractivity contribution is 5.78. The zero-order valence-electron chi connectivity index (χ0n) is 14.6. The summed E-state index contributed by atoms with van der Waals surface area (Å²) in [6.07, 6.45) is 1.67. The van der Waals surface area contributed by atoms with Gasteiger partial charge in [0.1, 0.15) is 11.5 Å². The van der Waals surface area contributed by atoms with E-state index in [0.717, 1.165) is 35.5 Å². The lowest BCUT2D eigenvalue weighted by Crippen LogP contribution is -2.37. The van der Waals surface area contributed by atoms with E-state index in [1.807, 2.05) is 43.3 Å². The molecular formula is C20H25N3O2. The van der Waals surface area contributed by atoms with Crippen molar-refractivity contribution >= 4 is 5.96 Å². The Balaban J connectivity index is 1.58. The monoisotopic (exact) mass is 339 g/mol. The number of rotatable bonds is 6. The van der Waals surface area contributed by atoms with Gasteiger partial charge in [-0.05, 0) is 31.0 Å². The molecule has 1 aliphatic rings. The van der Waals surface area contributed by atoms with Gasteiger partial charge >= 0.3 is 0 Å². The number of fused-ring (bicyclic) bond motifs is 1. The molecule has 25 heavy (non-hydrogen) atoms. The summed E-state index contributed by atoms with van der Waals surface area (Å²) in [7, 11) is 0. The van der Waals surface area contributed by atoms with Gasteiger partial charge in [-0.3, -0.25) is 4.99 Å². The van der Waals surface area contributed by atoms with Crippen LogP contribution in [0.25, 0.3) is 0 Å². The van der Waals surface area contributed by atoms with E-state index in [4.69, 9.17) is 15.2 Å². The van der Waals surface area contributed by atoms with Gasteiger partial charge in [0.15, 0.2) is 5.96 Å². The normalized spacial score (nSPS) is 16.7. The van der Waals surface area contributed by atoms with Gasteiger partial charge in [-0.15, -0.1) is 0 Å². The van der Waals surface area contributed by atoms with E-state index in [1.165, 1.54) is 0 Å². The molecule has 1 heterocycles. The molecule has 132 valence electrons. The smallest absolute Gasteiger partial charge is 0.189 e. The number of nitrogens with zero attached hydrogens (tertiary/aromatic N) is 1. The molecule has 0 radical (unpaired) electrons. The first kappa shape index (κ1) is 17.1. The van der Waals surface area contributed by atoms with Gasteiger partial charge in [0.2, 0.25) is 0 Å². The van der Waals surface area contributed by atoms with Gasteiger partial charge in [0.05, 0.1) is 19.3 Å². The molecule has 0 amide bonds. The van der Waals surface area contributed by atoms with Crippen molar-refractivity contribution in [3.05, 3.63) is 59.7 Å². The lowest BCUT2D eigenvalue weighted by atomic mass is 10.0. The van der Waals surface area contributed by atoms with Gasteiger partial charge in [-0.25, -0.2) is 0 Å². The van der Waals surface area contributed by atoms with Crippen LogP contribution in [0.4, 0.5) is 0 Å². The van der Waals surface area contributed by atoms with E-state index in [-0.39, 0.29) is 6.04 Å². The van der Waals surface area contributed by atoms with Gasteiger partial charge in [0, 0.05) is 18.5 Å². The third-order valence-corrected chi connectivity index (χ3v) is 4.22. The van der Waals surface area contributed by atoms with Crippen LogP contribution >= 0.6 is 0 Å². The molecule has 0 aromatic heterocycles. The molecule has 0 bridgehead atoms. The van der Waals surface area contributed by atoms with E-state index in [0.29, 0.717) is 25.7 Å². The first-order chi connectivity index (χ1) is 12.3. The van der Waals surface area contributed by atoms with Crippen LogP contribution < -0.4 is 20.5 Å². The summed E-state index contributed by atoms with van der Waals surface area (Å²) in [6, 6.07) is 16.2. The topological polar surface area (TPSA) is 68.9 Å². The minimum atomic E-state index is 0.143. The number of para-hydroxylation sites is 2. The fraction of sp³-hybridized carbons (Fsp3) is 0.350. The first-order valence-electron chi connectivity index (χ1n) is 8.77. The second kappa shape index (κ2) is 8.42. The second-order valence-electron chi connectivity index (χ2n) is 5.93. The van der Waals surface area contributed by atoms with Crippen molar-refractivity contribution in [3.8, 4) is 11.5 Å². The van der Waals surface area contributed by atoms with Crippen LogP contribution in [0.1, 0.15) is 30.5 Å². The van der Waals surface area contributed by atoms with Crippen molar-refractivity contribution in [1.29, 1.82) is 0 Å². The molecule has 2 aromatic rings. The molecular weight excluding hydrogens is 314 g/mol. The van der Waals surface area contributed by atoms with Crippen LogP contribution in [0.2, 0.25) is 0 Å². The van der Waals surface area contributed by atoms with Crippen molar-refractivity contribution in [3.63, 3.8) is 0 Å². The fourth-order valence-corrected chi connectivity index (χ4v) is 3.02. The minimum absolute atomic E-state index is 0.143. The Hall–Kier alpha value is -2.69. The third kappa shape index (κ3) is 4.44. The molecule has 0 aliphatic carbocycles. The number of hydrogen-bond acceptors (Lipinski definition) is 3. The Morgan fingerprint density at radius 2 is 2.04 bits per heavy atom. The quantitative estimate of drug-likeness (QED) is 0.627. The van der Waals surface area contributed by atoms with E-state index in [9.17, 15) is 0 Å². The maximum Gasteiger partial charge on any atom is 0.189 e. The van der Waals surface area contributed by atoms with Crippen LogP contribution in [0, 0.1) is 0 Å². The predicted molar refractivity (Wildman–Crippen MR) is 100 cm³/mol. The zero-order chi connectivity index (χ0) is 17.5. The molecule has 0 saturated heterocycles. The van der Waals surface area contributed by atoms with Crippen LogP contribution in [0.15, 0.2) is 53.5 Å².